The van der Waals surface area contributed by atoms with Gasteiger partial charge in [0.25, 0.3) is 5.91 Å². The molecule has 7 nitrogen and oxygen atoms in total. The van der Waals surface area contributed by atoms with Crippen molar-refractivity contribution in [3.8, 4) is 11.1 Å². The van der Waals surface area contributed by atoms with E-state index in [1.165, 1.54) is 11.1 Å². The number of aromatic nitrogens is 1. The molecular formula is C32H30ClN3O4. The number of carbonyl (C=O) groups excluding carboxylic acids is 2. The van der Waals surface area contributed by atoms with Crippen LogP contribution in [0.2, 0.25) is 5.02 Å². The summed E-state index contributed by atoms with van der Waals surface area (Å²) in [7, 11) is 0. The Bertz CT molecular complexity index is 1540. The number of carbonyl (C=O) groups is 2. The molecule has 2 N–H and O–H groups in total. The van der Waals surface area contributed by atoms with Crippen molar-refractivity contribution in [2.45, 2.75) is 37.8 Å². The lowest BCUT2D eigenvalue weighted by Gasteiger charge is -2.23. The summed E-state index contributed by atoms with van der Waals surface area (Å²) in [6.45, 7) is 3.26. The molecule has 3 aromatic carbocycles. The number of nitrogens with one attached hydrogen (secondary N) is 2. The van der Waals surface area contributed by atoms with Crippen LogP contribution in [-0.4, -0.2) is 42.8 Å². The summed E-state index contributed by atoms with van der Waals surface area (Å²) < 4.78 is 11.1. The molecule has 40 heavy (non-hydrogen) atoms. The topological polar surface area (TPSA) is 89.5 Å². The molecule has 1 aliphatic carbocycles. The number of nitrogens with zero attached hydrogens (tertiary/aromatic N) is 1. The predicted octanol–water partition coefficient (Wildman–Crippen LogP) is 6.40. The second-order valence-corrected chi connectivity index (χ2v) is 10.7. The van der Waals surface area contributed by atoms with Crippen LogP contribution in [0.25, 0.3) is 21.9 Å². The highest BCUT2D eigenvalue weighted by Gasteiger charge is 2.29. The van der Waals surface area contributed by atoms with E-state index in [1.54, 1.807) is 6.07 Å². The zero-order valence-electron chi connectivity index (χ0n) is 22.2. The molecule has 0 spiro atoms. The minimum Gasteiger partial charge on any atom is -0.449 e. The largest absolute Gasteiger partial charge is 0.449 e. The molecule has 8 heteroatoms. The van der Waals surface area contributed by atoms with E-state index < -0.39 is 12.1 Å². The normalized spacial score (nSPS) is 15.8. The Balaban J connectivity index is 1.19. The molecule has 0 radical (unpaired) electrons. The summed E-state index contributed by atoms with van der Waals surface area (Å²) >= 11 is 6.51. The Hall–Kier alpha value is -3.94. The minimum atomic E-state index is -0.546. The number of rotatable bonds is 6. The van der Waals surface area contributed by atoms with Crippen LogP contribution >= 0.6 is 11.6 Å². The van der Waals surface area contributed by atoms with Crippen molar-refractivity contribution in [3.63, 3.8) is 0 Å². The molecule has 1 aromatic heterocycles. The lowest BCUT2D eigenvalue weighted by atomic mass is 9.98. The number of hydrogen-bond acceptors (Lipinski definition) is 5. The molecule has 1 fully saturated rings. The van der Waals surface area contributed by atoms with Crippen molar-refractivity contribution in [2.75, 3.05) is 19.8 Å². The molecule has 0 bridgehead atoms. The fourth-order valence-corrected chi connectivity index (χ4v) is 5.93. The number of ether oxygens (including phenoxy) is 2. The molecule has 2 heterocycles. The molecule has 1 saturated heterocycles. The molecule has 204 valence electrons. The number of hydrogen-bond donors (Lipinski definition) is 2. The third-order valence-corrected chi connectivity index (χ3v) is 8.04. The number of pyridine rings is 1. The molecule has 0 saturated carbocycles. The van der Waals surface area contributed by atoms with E-state index in [4.69, 9.17) is 21.1 Å². The van der Waals surface area contributed by atoms with E-state index in [1.807, 2.05) is 49.4 Å². The molecule has 1 atom stereocenters. The summed E-state index contributed by atoms with van der Waals surface area (Å²) in [5.41, 5.74) is 5.43. The van der Waals surface area contributed by atoms with Gasteiger partial charge in [-0.05, 0) is 59.5 Å². The average Bonchev–Trinajstić information content (AvgIpc) is 3.29. The molecule has 0 unspecified atom stereocenters. The van der Waals surface area contributed by atoms with Gasteiger partial charge in [0.1, 0.15) is 12.3 Å². The van der Waals surface area contributed by atoms with E-state index >= 15 is 0 Å². The summed E-state index contributed by atoms with van der Waals surface area (Å²) in [6, 6.07) is 23.3. The van der Waals surface area contributed by atoms with Gasteiger partial charge in [0.05, 0.1) is 16.8 Å². The predicted molar refractivity (Wildman–Crippen MR) is 155 cm³/mol. The maximum absolute atomic E-state index is 13.3. The Kier molecular flexibility index (Phi) is 7.41. The second-order valence-electron chi connectivity index (χ2n) is 10.3. The molecule has 1 aliphatic heterocycles. The van der Waals surface area contributed by atoms with Crippen molar-refractivity contribution in [2.24, 2.45) is 0 Å². The van der Waals surface area contributed by atoms with Gasteiger partial charge in [-0.3, -0.25) is 4.79 Å². The molecular weight excluding hydrogens is 526 g/mol. The van der Waals surface area contributed by atoms with Crippen molar-refractivity contribution >= 4 is 34.4 Å². The maximum Gasteiger partial charge on any atom is 0.407 e. The van der Waals surface area contributed by atoms with Gasteiger partial charge in [0.2, 0.25) is 0 Å². The third kappa shape index (κ3) is 5.15. The van der Waals surface area contributed by atoms with Gasteiger partial charge in [-0.25, -0.2) is 9.78 Å². The van der Waals surface area contributed by atoms with E-state index in [-0.39, 0.29) is 30.2 Å². The lowest BCUT2D eigenvalue weighted by molar-refractivity contribution is 0.0695. The molecule has 2 amide bonds. The van der Waals surface area contributed by atoms with Crippen molar-refractivity contribution < 1.29 is 19.1 Å². The smallest absolute Gasteiger partial charge is 0.407 e. The van der Waals surface area contributed by atoms with Crippen LogP contribution < -0.4 is 10.6 Å². The van der Waals surface area contributed by atoms with Gasteiger partial charge in [-0.2, -0.15) is 0 Å². The Morgan fingerprint density at radius 1 is 1.00 bits per heavy atom. The van der Waals surface area contributed by atoms with Gasteiger partial charge in [-0.15, -0.1) is 0 Å². The highest BCUT2D eigenvalue weighted by Crippen LogP contribution is 2.44. The Labute approximate surface area is 237 Å². The number of benzene rings is 3. The maximum atomic E-state index is 13.3. The van der Waals surface area contributed by atoms with E-state index in [0.717, 1.165) is 29.4 Å². The SMILES string of the molecule is C[C@H](NC(=O)OCC1c2ccccc2-c2ccccc21)c1cc2cccc(Cl)c2c(C(=O)NC2CCOCC2)n1. The van der Waals surface area contributed by atoms with Crippen LogP contribution in [0.1, 0.15) is 59.0 Å². The quantitative estimate of drug-likeness (QED) is 0.287. The summed E-state index contributed by atoms with van der Waals surface area (Å²) in [6.07, 6.45) is 0.948. The van der Waals surface area contributed by atoms with Crippen molar-refractivity contribution in [1.82, 2.24) is 15.6 Å². The first-order valence-electron chi connectivity index (χ1n) is 13.6. The Morgan fingerprint density at radius 2 is 1.68 bits per heavy atom. The van der Waals surface area contributed by atoms with E-state index in [9.17, 15) is 9.59 Å². The fourth-order valence-electron chi connectivity index (χ4n) is 5.66. The van der Waals surface area contributed by atoms with Crippen LogP contribution in [0.15, 0.2) is 72.8 Å². The number of alkyl carbamates (subject to hydrolysis) is 1. The average molecular weight is 556 g/mol. The third-order valence-electron chi connectivity index (χ3n) is 7.72. The molecule has 4 aromatic rings. The van der Waals surface area contributed by atoms with Crippen LogP contribution in [0, 0.1) is 0 Å². The lowest BCUT2D eigenvalue weighted by Crippen LogP contribution is -2.39. The van der Waals surface area contributed by atoms with Crippen LogP contribution in [0.3, 0.4) is 0 Å². The van der Waals surface area contributed by atoms with Crippen LogP contribution in [-0.2, 0) is 9.47 Å². The fraction of sp³-hybridized carbons (Fsp3) is 0.281. The van der Waals surface area contributed by atoms with E-state index in [2.05, 4.69) is 39.9 Å². The number of amides is 2. The first-order valence-corrected chi connectivity index (χ1v) is 14.0. The standard InChI is InChI=1S/C32H30ClN3O4/c1-19(34-32(38)40-18-26-24-10-4-2-8-22(24)23-9-3-5-11-25(23)26)28-17-20-7-6-12-27(33)29(20)30(36-28)31(37)35-21-13-15-39-16-14-21/h2-12,17,19,21,26H,13-16,18H2,1H3,(H,34,38)(H,35,37)/t19-/m0/s1. The Morgan fingerprint density at radius 3 is 2.38 bits per heavy atom. The van der Waals surface area contributed by atoms with Crippen molar-refractivity contribution in [1.29, 1.82) is 0 Å². The number of fused-ring (bicyclic) bond motifs is 4. The summed E-state index contributed by atoms with van der Waals surface area (Å²) in [5.74, 6) is -0.324. The van der Waals surface area contributed by atoms with Gasteiger partial charge in [0.15, 0.2) is 0 Å². The summed E-state index contributed by atoms with van der Waals surface area (Å²) in [5, 5.41) is 7.78. The van der Waals surface area contributed by atoms with Gasteiger partial charge >= 0.3 is 6.09 Å². The first kappa shape index (κ1) is 26.3. The summed E-state index contributed by atoms with van der Waals surface area (Å²) in [4.78, 5) is 31.0. The molecule has 6 rings (SSSR count). The zero-order chi connectivity index (χ0) is 27.6. The van der Waals surface area contributed by atoms with Crippen LogP contribution in [0.4, 0.5) is 4.79 Å². The second kappa shape index (κ2) is 11.3. The monoisotopic (exact) mass is 555 g/mol. The highest BCUT2D eigenvalue weighted by molar-refractivity contribution is 6.36. The minimum absolute atomic E-state index is 0.0145. The molecule has 2 aliphatic rings. The first-order chi connectivity index (χ1) is 19.5. The van der Waals surface area contributed by atoms with Gasteiger partial charge in [0, 0.05) is 30.6 Å². The van der Waals surface area contributed by atoms with E-state index in [0.29, 0.717) is 29.3 Å². The van der Waals surface area contributed by atoms with Crippen molar-refractivity contribution in [3.05, 3.63) is 100 Å². The number of halogens is 1. The highest BCUT2D eigenvalue weighted by atomic mass is 35.5. The van der Waals surface area contributed by atoms with Gasteiger partial charge < -0.3 is 20.1 Å². The van der Waals surface area contributed by atoms with Crippen LogP contribution in [0.5, 0.6) is 0 Å². The zero-order valence-corrected chi connectivity index (χ0v) is 22.9. The van der Waals surface area contributed by atoms with Gasteiger partial charge in [-0.1, -0.05) is 72.3 Å².